The van der Waals surface area contributed by atoms with Gasteiger partial charge in [0, 0.05) is 10.3 Å². The molecule has 1 aromatic heterocycles. The summed E-state index contributed by atoms with van der Waals surface area (Å²) in [6, 6.07) is 0.00139. The number of imidazole rings is 1. The molecule has 6 N–H and O–H groups in total. The summed E-state index contributed by atoms with van der Waals surface area (Å²) in [5, 5.41) is 13.9. The molecule has 4 heterocycles. The Bertz CT molecular complexity index is 1620. The highest BCUT2D eigenvalue weighted by Gasteiger charge is 2.64. The molecule has 41 heavy (non-hydrogen) atoms. The third-order valence-electron chi connectivity index (χ3n) is 7.30. The number of hydrogen-bond donors (Lipinski definition) is 5. The lowest BCUT2D eigenvalue weighted by molar-refractivity contribution is -0.161. The van der Waals surface area contributed by atoms with E-state index in [1.165, 1.54) is 28.8 Å². The number of aliphatic carboxylic acids is 1. The number of imide groups is 1. The topological polar surface area (TPSA) is 228 Å². The summed E-state index contributed by atoms with van der Waals surface area (Å²) in [7, 11) is -3.95. The second-order valence-corrected chi connectivity index (χ2v) is 14.3. The van der Waals surface area contributed by atoms with Gasteiger partial charge in [-0.1, -0.05) is 6.07 Å². The maximum Gasteiger partial charge on any atom is 0.341 e. The van der Waals surface area contributed by atoms with Crippen molar-refractivity contribution in [1.29, 1.82) is 0 Å². The van der Waals surface area contributed by atoms with Crippen molar-refractivity contribution in [2.75, 3.05) is 19.3 Å². The molecule has 3 aliphatic rings. The second-order valence-electron chi connectivity index (χ2n) is 10.6. The Morgan fingerprint density at radius 2 is 1.93 bits per heavy atom. The maximum atomic E-state index is 13.8. The predicted molar refractivity (Wildman–Crippen MR) is 145 cm³/mol. The number of aromatic nitrogens is 2. The van der Waals surface area contributed by atoms with Crippen LogP contribution in [0.25, 0.3) is 11.0 Å². The van der Waals surface area contributed by atoms with E-state index in [-0.39, 0.29) is 18.7 Å². The predicted octanol–water partition coefficient (Wildman–Crippen LogP) is -0.979. The van der Waals surface area contributed by atoms with Crippen LogP contribution in [0.15, 0.2) is 18.2 Å². The molecular formula is C23H28N8O8S2. The van der Waals surface area contributed by atoms with Gasteiger partial charge in [0.1, 0.15) is 23.3 Å². The lowest BCUT2D eigenvalue weighted by Gasteiger charge is -2.44. The van der Waals surface area contributed by atoms with E-state index in [1.54, 1.807) is 26.8 Å². The van der Waals surface area contributed by atoms with Gasteiger partial charge in [-0.3, -0.25) is 15.3 Å². The molecular weight excluding hydrogens is 580 g/mol. The maximum absolute atomic E-state index is 13.8. The number of H-pyrrole nitrogens is 1. The highest BCUT2D eigenvalue weighted by molar-refractivity contribution is 8.01. The number of sulfonamides is 1. The van der Waals surface area contributed by atoms with Crippen LogP contribution in [0.3, 0.4) is 0 Å². The van der Waals surface area contributed by atoms with Crippen molar-refractivity contribution in [2.45, 2.75) is 48.6 Å². The number of nitrogens with one attached hydrogen (secondary N) is 3. The van der Waals surface area contributed by atoms with Gasteiger partial charge in [-0.05, 0) is 32.9 Å². The first kappa shape index (κ1) is 28.6. The number of aromatic amines is 1. The number of hydrogen-bond acceptors (Lipinski definition) is 10. The zero-order valence-electron chi connectivity index (χ0n) is 22.4. The fourth-order valence-electron chi connectivity index (χ4n) is 5.29. The summed E-state index contributed by atoms with van der Waals surface area (Å²) in [5.41, 5.74) is 5.29. The zero-order valence-corrected chi connectivity index (χ0v) is 24.0. The lowest BCUT2D eigenvalue weighted by atomic mass is 9.94. The molecule has 2 aromatic rings. The van der Waals surface area contributed by atoms with Crippen molar-refractivity contribution >= 4 is 62.7 Å². The first-order valence-corrected chi connectivity index (χ1v) is 15.1. The van der Waals surface area contributed by atoms with Gasteiger partial charge >= 0.3 is 18.0 Å². The second kappa shape index (κ2) is 9.31. The average molecular weight is 609 g/mol. The molecule has 1 aromatic carbocycles. The molecule has 3 fully saturated rings. The molecule has 220 valence electrons. The van der Waals surface area contributed by atoms with E-state index in [0.29, 0.717) is 26.1 Å². The van der Waals surface area contributed by atoms with Gasteiger partial charge in [0.15, 0.2) is 5.66 Å². The minimum Gasteiger partial charge on any atom is -0.480 e. The van der Waals surface area contributed by atoms with Gasteiger partial charge in [0.05, 0.1) is 30.4 Å². The highest BCUT2D eigenvalue weighted by Crippen LogP contribution is 2.50. The molecule has 16 nitrogen and oxygen atoms in total. The Hall–Kier alpha value is -3.90. The third-order valence-corrected chi connectivity index (χ3v) is 10.0. The van der Waals surface area contributed by atoms with Crippen LogP contribution in [0.4, 0.5) is 9.59 Å². The van der Waals surface area contributed by atoms with Crippen LogP contribution >= 0.6 is 11.8 Å². The van der Waals surface area contributed by atoms with Crippen LogP contribution in [0.2, 0.25) is 0 Å². The van der Waals surface area contributed by atoms with Crippen molar-refractivity contribution in [3.8, 4) is 0 Å². The van der Waals surface area contributed by atoms with Crippen LogP contribution < -0.4 is 16.4 Å². The summed E-state index contributed by atoms with van der Waals surface area (Å²) >= 11 is 1.21. The number of carboxylic acids is 1. The fourth-order valence-corrected chi connectivity index (χ4v) is 7.71. The van der Waals surface area contributed by atoms with E-state index in [1.807, 2.05) is 0 Å². The Labute approximate surface area is 238 Å². The smallest absolute Gasteiger partial charge is 0.341 e. The van der Waals surface area contributed by atoms with Gasteiger partial charge in [0.25, 0.3) is 5.91 Å². The number of aryl methyl sites for hydroxylation is 1. The van der Waals surface area contributed by atoms with Gasteiger partial charge in [-0.2, -0.15) is 0 Å². The number of fused-ring (bicyclic) bond motifs is 2. The number of carbonyl (C=O) groups is 5. The van der Waals surface area contributed by atoms with E-state index in [9.17, 15) is 37.5 Å². The fraction of sp³-hybridized carbons (Fsp3) is 0.478. The molecule has 0 radical (unpaired) electrons. The van der Waals surface area contributed by atoms with Crippen molar-refractivity contribution in [3.63, 3.8) is 0 Å². The van der Waals surface area contributed by atoms with E-state index < -0.39 is 67.7 Å². The minimum atomic E-state index is -3.95. The van der Waals surface area contributed by atoms with Gasteiger partial charge < -0.3 is 25.6 Å². The molecule has 4 atom stereocenters. The molecule has 3 saturated heterocycles. The number of nitrogens with two attached hydrogens (primary N) is 1. The molecule has 6 amide bonds. The van der Waals surface area contributed by atoms with E-state index in [0.717, 1.165) is 6.26 Å². The van der Waals surface area contributed by atoms with Gasteiger partial charge in [0.2, 0.25) is 15.9 Å². The van der Waals surface area contributed by atoms with Crippen LogP contribution in [0.1, 0.15) is 25.2 Å². The largest absolute Gasteiger partial charge is 0.480 e. The molecule has 5 rings (SSSR count). The molecule has 0 bridgehead atoms. The summed E-state index contributed by atoms with van der Waals surface area (Å²) in [5.74, 6) is -2.24. The van der Waals surface area contributed by atoms with Gasteiger partial charge in [-0.25, -0.2) is 37.0 Å². The van der Waals surface area contributed by atoms with Crippen LogP contribution in [-0.2, 0) is 30.1 Å². The zero-order chi connectivity index (χ0) is 30.2. The number of benzene rings is 1. The number of urea groups is 2. The number of β-lactam (4-membered cyclic amide) rings is 1. The Balaban J connectivity index is 1.45. The number of carboxylic acid groups (broad SMARTS) is 1. The Morgan fingerprint density at radius 3 is 2.54 bits per heavy atom. The van der Waals surface area contributed by atoms with Crippen LogP contribution in [0, 0.1) is 6.92 Å². The first-order chi connectivity index (χ1) is 19.0. The Morgan fingerprint density at radius 1 is 1.24 bits per heavy atom. The average Bonchev–Trinajstić information content (AvgIpc) is 3.51. The molecule has 1 unspecified atom stereocenters. The normalized spacial score (nSPS) is 25.1. The standard InChI is InChI=1S/C23H28N8O8S2/c1-10-25-12-6-5-11(9-13(12)26-10)23(24,28-20(36)29-7-8-30(21(29)37)41(4,38)39)19(35)27-14-16(32)31-15(18(33)34)22(2,3)40-17(14)31/h5-6,9,14-15,17H,7-8,24H2,1-4H3,(H,25,26)(H,27,35)(H,28,36)(H,33,34)/t14-,15+,17-,23?/m1/s1. The molecule has 0 saturated carbocycles. The summed E-state index contributed by atoms with van der Waals surface area (Å²) < 4.78 is 23.5. The lowest BCUT2D eigenvalue weighted by Crippen LogP contribution is -2.74. The number of nitrogens with zero attached hydrogens (tertiary/aromatic N) is 4. The minimum absolute atomic E-state index is 0.0559. The summed E-state index contributed by atoms with van der Waals surface area (Å²) in [6.07, 6.45) is 0.824. The Kier molecular flexibility index (Phi) is 6.50. The number of rotatable bonds is 6. The van der Waals surface area contributed by atoms with E-state index in [2.05, 4.69) is 20.6 Å². The molecule has 0 aliphatic carbocycles. The summed E-state index contributed by atoms with van der Waals surface area (Å²) in [6.45, 7) is 4.52. The summed E-state index contributed by atoms with van der Waals surface area (Å²) in [4.78, 5) is 73.7. The number of carbonyl (C=O) groups excluding carboxylic acids is 4. The first-order valence-electron chi connectivity index (χ1n) is 12.4. The van der Waals surface area contributed by atoms with Crippen LogP contribution in [-0.4, -0.2) is 109 Å². The third kappa shape index (κ3) is 4.55. The van der Waals surface area contributed by atoms with E-state index >= 15 is 0 Å². The monoisotopic (exact) mass is 608 g/mol. The van der Waals surface area contributed by atoms with Gasteiger partial charge in [-0.15, -0.1) is 11.8 Å². The van der Waals surface area contributed by atoms with Crippen molar-refractivity contribution < 1.29 is 37.5 Å². The SMILES string of the molecule is Cc1nc2cc(C(N)(NC(=O)N3CCN(S(C)(=O)=O)C3=O)C(=O)N[C@@H]3C(=O)N4[C@@H]3SC(C)(C)[C@@H]4C(=O)O)ccc2[nH]1. The van der Waals surface area contributed by atoms with Crippen molar-refractivity contribution in [3.05, 3.63) is 29.6 Å². The molecule has 3 aliphatic heterocycles. The van der Waals surface area contributed by atoms with Crippen LogP contribution in [0.5, 0.6) is 0 Å². The van der Waals surface area contributed by atoms with Crippen molar-refractivity contribution in [1.82, 2.24) is 34.7 Å². The number of thioether (sulfide) groups is 1. The quantitative estimate of drug-likeness (QED) is 0.198. The van der Waals surface area contributed by atoms with E-state index in [4.69, 9.17) is 5.73 Å². The molecule has 18 heteroatoms. The highest BCUT2D eigenvalue weighted by atomic mass is 32.2. The molecule has 0 spiro atoms. The number of amides is 6. The van der Waals surface area contributed by atoms with Crippen molar-refractivity contribution in [2.24, 2.45) is 5.73 Å².